The van der Waals surface area contributed by atoms with Crippen molar-refractivity contribution in [2.24, 2.45) is 5.73 Å². The van der Waals surface area contributed by atoms with Gasteiger partial charge in [0.1, 0.15) is 6.26 Å². The second-order valence-corrected chi connectivity index (χ2v) is 4.72. The zero-order valence-corrected chi connectivity index (χ0v) is 11.0. The minimum Gasteiger partial charge on any atom is -0.430 e. The summed E-state index contributed by atoms with van der Waals surface area (Å²) in [6.45, 7) is 1.44. The summed E-state index contributed by atoms with van der Waals surface area (Å²) in [5, 5.41) is 3.20. The Morgan fingerprint density at radius 3 is 2.60 bits per heavy atom. The quantitative estimate of drug-likeness (QED) is 0.759. The molecule has 1 fully saturated rings. The summed E-state index contributed by atoms with van der Waals surface area (Å²) in [6, 6.07) is 2.53. The van der Waals surface area contributed by atoms with Crippen LogP contribution < -0.4 is 16.7 Å². The Morgan fingerprint density at radius 1 is 1.35 bits per heavy atom. The van der Waals surface area contributed by atoms with Crippen LogP contribution >= 0.6 is 0 Å². The van der Waals surface area contributed by atoms with Crippen molar-refractivity contribution in [1.82, 2.24) is 10.2 Å². The fourth-order valence-electron chi connectivity index (χ4n) is 2.30. The number of primary amides is 1. The normalized spacial score (nSPS) is 15.8. The molecule has 0 bridgehead atoms. The average molecular weight is 279 g/mol. The summed E-state index contributed by atoms with van der Waals surface area (Å²) in [5.41, 5.74) is 4.94. The SMILES string of the molecule is NC(=O)CN(C(=O)c1ccc(=O)oc1)C1CCNCC1. The van der Waals surface area contributed by atoms with Crippen LogP contribution in [0.5, 0.6) is 0 Å². The van der Waals surface area contributed by atoms with Gasteiger partial charge in [0.15, 0.2) is 0 Å². The first-order chi connectivity index (χ1) is 9.58. The molecule has 0 atom stereocenters. The van der Waals surface area contributed by atoms with Gasteiger partial charge in [-0.2, -0.15) is 0 Å². The van der Waals surface area contributed by atoms with Crippen molar-refractivity contribution in [3.8, 4) is 0 Å². The summed E-state index contributed by atoms with van der Waals surface area (Å²) < 4.78 is 4.69. The van der Waals surface area contributed by atoms with Crippen molar-refractivity contribution in [1.29, 1.82) is 0 Å². The molecule has 1 aromatic heterocycles. The molecule has 0 aromatic carbocycles. The van der Waals surface area contributed by atoms with E-state index in [0.717, 1.165) is 32.2 Å². The van der Waals surface area contributed by atoms with E-state index in [1.165, 1.54) is 17.0 Å². The highest BCUT2D eigenvalue weighted by atomic mass is 16.4. The molecule has 20 heavy (non-hydrogen) atoms. The molecule has 3 N–H and O–H groups in total. The number of nitrogens with two attached hydrogens (primary N) is 1. The number of nitrogens with one attached hydrogen (secondary N) is 1. The Kier molecular flexibility index (Phi) is 4.52. The third-order valence-corrected chi connectivity index (χ3v) is 3.28. The topological polar surface area (TPSA) is 106 Å². The van der Waals surface area contributed by atoms with Crippen LogP contribution in [0, 0.1) is 0 Å². The standard InChI is InChI=1S/C13H17N3O4/c14-11(17)7-16(10-3-5-15-6-4-10)13(19)9-1-2-12(18)20-8-9/h1-2,8,10,15H,3-7H2,(H2,14,17). The van der Waals surface area contributed by atoms with Crippen molar-refractivity contribution in [2.75, 3.05) is 19.6 Å². The van der Waals surface area contributed by atoms with E-state index in [9.17, 15) is 14.4 Å². The van der Waals surface area contributed by atoms with Gasteiger partial charge in [-0.25, -0.2) is 4.79 Å². The third kappa shape index (κ3) is 3.45. The van der Waals surface area contributed by atoms with E-state index in [0.29, 0.717) is 0 Å². The molecule has 1 aliphatic rings. The van der Waals surface area contributed by atoms with Crippen LogP contribution in [0.1, 0.15) is 23.2 Å². The van der Waals surface area contributed by atoms with E-state index in [1.54, 1.807) is 0 Å². The fourth-order valence-corrected chi connectivity index (χ4v) is 2.30. The Bertz CT molecular complexity index is 528. The summed E-state index contributed by atoms with van der Waals surface area (Å²) >= 11 is 0. The molecule has 2 rings (SSSR count). The van der Waals surface area contributed by atoms with Crippen LogP contribution in [-0.4, -0.2) is 42.4 Å². The maximum atomic E-state index is 12.4. The maximum absolute atomic E-state index is 12.4. The molecule has 7 heteroatoms. The first kappa shape index (κ1) is 14.3. The minimum atomic E-state index is -0.561. The van der Waals surface area contributed by atoms with Gasteiger partial charge in [-0.1, -0.05) is 0 Å². The number of piperidine rings is 1. The van der Waals surface area contributed by atoms with Crippen LogP contribution in [0.25, 0.3) is 0 Å². The molecule has 1 aromatic rings. The van der Waals surface area contributed by atoms with Crippen molar-refractivity contribution < 1.29 is 14.0 Å². The lowest BCUT2D eigenvalue weighted by atomic mass is 10.0. The zero-order chi connectivity index (χ0) is 14.5. The molecule has 2 amide bonds. The lowest BCUT2D eigenvalue weighted by Crippen LogP contribution is -2.49. The van der Waals surface area contributed by atoms with Crippen LogP contribution in [-0.2, 0) is 4.79 Å². The second-order valence-electron chi connectivity index (χ2n) is 4.72. The highest BCUT2D eigenvalue weighted by molar-refractivity contribution is 5.96. The molecule has 1 aliphatic heterocycles. The number of rotatable bonds is 4. The number of carbonyl (C=O) groups excluding carboxylic acids is 2. The molecule has 0 radical (unpaired) electrons. The zero-order valence-electron chi connectivity index (χ0n) is 11.0. The minimum absolute atomic E-state index is 0.0387. The molecule has 2 heterocycles. The van der Waals surface area contributed by atoms with Gasteiger partial charge >= 0.3 is 5.63 Å². The van der Waals surface area contributed by atoms with Crippen LogP contribution in [0.4, 0.5) is 0 Å². The first-order valence-electron chi connectivity index (χ1n) is 6.47. The van der Waals surface area contributed by atoms with E-state index in [2.05, 4.69) is 5.32 Å². The molecule has 7 nitrogen and oxygen atoms in total. The smallest absolute Gasteiger partial charge is 0.335 e. The van der Waals surface area contributed by atoms with Crippen LogP contribution in [0.15, 0.2) is 27.6 Å². The predicted octanol–water partition coefficient (Wildman–Crippen LogP) is -0.681. The fraction of sp³-hybridized carbons (Fsp3) is 0.462. The number of hydrogen-bond acceptors (Lipinski definition) is 5. The molecule has 1 saturated heterocycles. The lowest BCUT2D eigenvalue weighted by Gasteiger charge is -2.33. The van der Waals surface area contributed by atoms with E-state index >= 15 is 0 Å². The Hall–Kier alpha value is -2.15. The molecule has 0 aliphatic carbocycles. The van der Waals surface area contributed by atoms with Crippen molar-refractivity contribution >= 4 is 11.8 Å². The summed E-state index contributed by atoms with van der Waals surface area (Å²) in [7, 11) is 0. The van der Waals surface area contributed by atoms with Gasteiger partial charge in [-0.05, 0) is 32.0 Å². The lowest BCUT2D eigenvalue weighted by molar-refractivity contribution is -0.119. The molecular formula is C13H17N3O4. The van der Waals surface area contributed by atoms with E-state index < -0.39 is 11.5 Å². The molecular weight excluding hydrogens is 262 g/mol. The number of carbonyl (C=O) groups is 2. The van der Waals surface area contributed by atoms with Crippen LogP contribution in [0.3, 0.4) is 0 Å². The van der Waals surface area contributed by atoms with Crippen molar-refractivity contribution in [2.45, 2.75) is 18.9 Å². The number of hydrogen-bond donors (Lipinski definition) is 2. The largest absolute Gasteiger partial charge is 0.430 e. The van der Waals surface area contributed by atoms with Gasteiger partial charge in [-0.3, -0.25) is 9.59 Å². The van der Waals surface area contributed by atoms with Crippen molar-refractivity contribution in [3.63, 3.8) is 0 Å². The van der Waals surface area contributed by atoms with Crippen LogP contribution in [0.2, 0.25) is 0 Å². The number of amides is 2. The summed E-state index contributed by atoms with van der Waals surface area (Å²) in [4.78, 5) is 36.0. The number of nitrogens with zero attached hydrogens (tertiary/aromatic N) is 1. The van der Waals surface area contributed by atoms with E-state index in [1.807, 2.05) is 0 Å². The Morgan fingerprint density at radius 2 is 2.05 bits per heavy atom. The maximum Gasteiger partial charge on any atom is 0.335 e. The highest BCUT2D eigenvalue weighted by Crippen LogP contribution is 2.15. The van der Waals surface area contributed by atoms with Gasteiger partial charge in [0.25, 0.3) is 5.91 Å². The van der Waals surface area contributed by atoms with Gasteiger partial charge in [0, 0.05) is 12.1 Å². The Balaban J connectivity index is 2.20. The second kappa shape index (κ2) is 6.33. The molecule has 0 saturated carbocycles. The van der Waals surface area contributed by atoms with Gasteiger partial charge in [0.2, 0.25) is 5.91 Å². The molecule has 0 spiro atoms. The summed E-state index contributed by atoms with van der Waals surface area (Å²) in [6.07, 6.45) is 2.63. The van der Waals surface area contributed by atoms with Gasteiger partial charge in [-0.15, -0.1) is 0 Å². The first-order valence-corrected chi connectivity index (χ1v) is 6.47. The average Bonchev–Trinajstić information content (AvgIpc) is 2.45. The van der Waals surface area contributed by atoms with E-state index in [4.69, 9.17) is 10.2 Å². The van der Waals surface area contributed by atoms with Gasteiger partial charge < -0.3 is 20.4 Å². The Labute approximate surface area is 115 Å². The molecule has 108 valence electrons. The van der Waals surface area contributed by atoms with Crippen molar-refractivity contribution in [3.05, 3.63) is 34.4 Å². The van der Waals surface area contributed by atoms with Gasteiger partial charge in [0.05, 0.1) is 12.1 Å². The third-order valence-electron chi connectivity index (χ3n) is 3.28. The van der Waals surface area contributed by atoms with E-state index in [-0.39, 0.29) is 24.1 Å². The highest BCUT2D eigenvalue weighted by Gasteiger charge is 2.27. The monoisotopic (exact) mass is 279 g/mol. The summed E-state index contributed by atoms with van der Waals surface area (Å²) in [5.74, 6) is -0.909. The predicted molar refractivity (Wildman–Crippen MR) is 71.1 cm³/mol. The molecule has 0 unspecified atom stereocenters.